The summed E-state index contributed by atoms with van der Waals surface area (Å²) < 4.78 is 11.7. The monoisotopic (exact) mass is 333 g/mol. The molecule has 0 fully saturated rings. The van der Waals surface area contributed by atoms with Gasteiger partial charge in [0, 0.05) is 11.8 Å². The maximum absolute atomic E-state index is 8.77. The molecule has 0 aromatic carbocycles. The van der Waals surface area contributed by atoms with Crippen molar-refractivity contribution in [3.8, 4) is 18.2 Å². The summed E-state index contributed by atoms with van der Waals surface area (Å²) in [7, 11) is 0. The van der Waals surface area contributed by atoms with Gasteiger partial charge in [0.25, 0.3) is 0 Å². The molecule has 0 saturated carbocycles. The van der Waals surface area contributed by atoms with Crippen LogP contribution < -0.4 is 0 Å². The van der Waals surface area contributed by atoms with E-state index in [1.54, 1.807) is 0 Å². The largest absolute Gasteiger partial charge is 0.380 e. The van der Waals surface area contributed by atoms with Crippen molar-refractivity contribution in [2.75, 3.05) is 19.8 Å². The van der Waals surface area contributed by atoms with E-state index in [9.17, 15) is 0 Å². The molecule has 0 radical (unpaired) electrons. The Morgan fingerprint density at radius 2 is 1.38 bits per heavy atom. The molecule has 134 valence electrons. The molecule has 0 aromatic heterocycles. The smallest absolute Gasteiger partial charge is 0.0699 e. The average molecular weight is 333 g/mol. The van der Waals surface area contributed by atoms with E-state index in [2.05, 4.69) is 45.9 Å². The molecule has 0 amide bonds. The van der Waals surface area contributed by atoms with Gasteiger partial charge in [0.1, 0.15) is 0 Å². The van der Waals surface area contributed by atoms with Gasteiger partial charge in [-0.15, -0.1) is 0 Å². The van der Waals surface area contributed by atoms with Crippen molar-refractivity contribution >= 4 is 0 Å². The van der Waals surface area contributed by atoms with Crippen molar-refractivity contribution in [1.82, 2.24) is 0 Å². The van der Waals surface area contributed by atoms with Crippen LogP contribution in [0.3, 0.4) is 0 Å². The second-order valence-corrected chi connectivity index (χ2v) is 7.46. The standard InChI is InChI=1S/C19H31N3O2/c1-18(2,10-6-5-7-11-20)17(24-15-9-13-22)19(3,4)16-23-14-8-12-21/h17H,5-10,14-16H2,1-4H3. The predicted molar refractivity (Wildman–Crippen MR) is 92.7 cm³/mol. The summed E-state index contributed by atoms with van der Waals surface area (Å²) in [5, 5.41) is 26.1. The third kappa shape index (κ3) is 8.88. The summed E-state index contributed by atoms with van der Waals surface area (Å²) in [5.74, 6) is 0. The lowest BCUT2D eigenvalue weighted by Gasteiger charge is -2.44. The zero-order chi connectivity index (χ0) is 18.5. The molecular formula is C19H31N3O2. The molecule has 0 rings (SSSR count). The van der Waals surface area contributed by atoms with Gasteiger partial charge >= 0.3 is 0 Å². The van der Waals surface area contributed by atoms with Crippen LogP contribution in [0, 0.1) is 44.8 Å². The summed E-state index contributed by atoms with van der Waals surface area (Å²) in [6, 6.07) is 6.38. The van der Waals surface area contributed by atoms with Crippen LogP contribution >= 0.6 is 0 Å². The molecule has 0 aliphatic heterocycles. The topological polar surface area (TPSA) is 89.8 Å². The molecule has 0 aromatic rings. The second kappa shape index (κ2) is 11.9. The maximum Gasteiger partial charge on any atom is 0.0699 e. The third-order valence-electron chi connectivity index (χ3n) is 4.11. The fourth-order valence-corrected chi connectivity index (χ4v) is 3.18. The number of hydrogen-bond donors (Lipinski definition) is 0. The molecule has 0 heterocycles. The van der Waals surface area contributed by atoms with Crippen LogP contribution in [0.4, 0.5) is 0 Å². The van der Waals surface area contributed by atoms with Crippen molar-refractivity contribution in [2.24, 2.45) is 10.8 Å². The van der Waals surface area contributed by atoms with Crippen molar-refractivity contribution in [1.29, 1.82) is 15.8 Å². The molecule has 0 spiro atoms. The molecule has 1 unspecified atom stereocenters. The molecule has 5 nitrogen and oxygen atoms in total. The molecular weight excluding hydrogens is 302 g/mol. The molecule has 0 bridgehead atoms. The number of ether oxygens (including phenoxy) is 2. The highest BCUT2D eigenvalue weighted by Crippen LogP contribution is 2.40. The minimum absolute atomic E-state index is 0.0671. The lowest BCUT2D eigenvalue weighted by molar-refractivity contribution is -0.121. The first-order valence-electron chi connectivity index (χ1n) is 8.62. The second-order valence-electron chi connectivity index (χ2n) is 7.46. The van der Waals surface area contributed by atoms with Crippen LogP contribution in [-0.2, 0) is 9.47 Å². The first kappa shape index (κ1) is 22.4. The number of rotatable bonds is 13. The van der Waals surface area contributed by atoms with Gasteiger partial charge in [0.2, 0.25) is 0 Å². The van der Waals surface area contributed by atoms with E-state index in [0.29, 0.717) is 39.1 Å². The highest BCUT2D eigenvalue weighted by atomic mass is 16.5. The van der Waals surface area contributed by atoms with Crippen molar-refractivity contribution in [3.05, 3.63) is 0 Å². The first-order chi connectivity index (χ1) is 11.3. The van der Waals surface area contributed by atoms with Crippen molar-refractivity contribution in [2.45, 2.75) is 72.3 Å². The summed E-state index contributed by atoms with van der Waals surface area (Å²) in [6.45, 7) is 9.90. The van der Waals surface area contributed by atoms with Gasteiger partial charge in [0.05, 0.1) is 57.0 Å². The number of nitriles is 3. The van der Waals surface area contributed by atoms with Gasteiger partial charge < -0.3 is 9.47 Å². The van der Waals surface area contributed by atoms with Crippen molar-refractivity contribution < 1.29 is 9.47 Å². The highest BCUT2D eigenvalue weighted by Gasteiger charge is 2.41. The van der Waals surface area contributed by atoms with Gasteiger partial charge in [-0.2, -0.15) is 15.8 Å². The van der Waals surface area contributed by atoms with Gasteiger partial charge in [-0.1, -0.05) is 34.1 Å². The van der Waals surface area contributed by atoms with Gasteiger partial charge in [0.15, 0.2) is 0 Å². The lowest BCUT2D eigenvalue weighted by atomic mass is 9.69. The van der Waals surface area contributed by atoms with Crippen LogP contribution in [-0.4, -0.2) is 25.9 Å². The van der Waals surface area contributed by atoms with E-state index in [0.717, 1.165) is 19.3 Å². The van der Waals surface area contributed by atoms with Crippen LogP contribution in [0.1, 0.15) is 66.2 Å². The molecule has 0 N–H and O–H groups in total. The summed E-state index contributed by atoms with van der Waals surface area (Å²) in [6.07, 6.45) is 4.08. The Hall–Kier alpha value is -1.61. The Bertz CT molecular complexity index is 432. The molecule has 24 heavy (non-hydrogen) atoms. The molecule has 0 aliphatic carbocycles. The Kier molecular flexibility index (Phi) is 11.1. The summed E-state index contributed by atoms with van der Waals surface area (Å²) in [4.78, 5) is 0. The van der Waals surface area contributed by atoms with Gasteiger partial charge in [-0.3, -0.25) is 0 Å². The maximum atomic E-state index is 8.77. The third-order valence-corrected chi connectivity index (χ3v) is 4.11. The molecule has 1 atom stereocenters. The van der Waals surface area contributed by atoms with Gasteiger partial charge in [-0.25, -0.2) is 0 Å². The Balaban J connectivity index is 4.88. The van der Waals surface area contributed by atoms with Crippen LogP contribution in [0.15, 0.2) is 0 Å². The molecule has 5 heteroatoms. The zero-order valence-corrected chi connectivity index (χ0v) is 15.6. The van der Waals surface area contributed by atoms with Crippen LogP contribution in [0.5, 0.6) is 0 Å². The predicted octanol–water partition coefficient (Wildman–Crippen LogP) is 4.35. The Morgan fingerprint density at radius 1 is 0.792 bits per heavy atom. The fourth-order valence-electron chi connectivity index (χ4n) is 3.18. The van der Waals surface area contributed by atoms with E-state index < -0.39 is 0 Å². The van der Waals surface area contributed by atoms with Crippen LogP contribution in [0.25, 0.3) is 0 Å². The Morgan fingerprint density at radius 3 is 1.96 bits per heavy atom. The van der Waals surface area contributed by atoms with E-state index >= 15 is 0 Å². The van der Waals surface area contributed by atoms with E-state index in [1.165, 1.54) is 0 Å². The lowest BCUT2D eigenvalue weighted by Crippen LogP contribution is -2.46. The summed E-state index contributed by atoms with van der Waals surface area (Å²) in [5.41, 5.74) is -0.323. The first-order valence-corrected chi connectivity index (χ1v) is 8.62. The van der Waals surface area contributed by atoms with E-state index in [-0.39, 0.29) is 16.9 Å². The SMILES string of the molecule is CC(C)(CCCCC#N)C(OCCC#N)C(C)(C)COCCC#N. The normalized spacial score (nSPS) is 12.9. The minimum atomic E-state index is -0.233. The fraction of sp³-hybridized carbons (Fsp3) is 0.842. The molecule has 0 aliphatic rings. The number of nitrogens with zero attached hydrogens (tertiary/aromatic N) is 3. The average Bonchev–Trinajstić information content (AvgIpc) is 2.52. The highest BCUT2D eigenvalue weighted by molar-refractivity contribution is 4.91. The van der Waals surface area contributed by atoms with Crippen LogP contribution in [0.2, 0.25) is 0 Å². The molecule has 0 saturated heterocycles. The van der Waals surface area contributed by atoms with Gasteiger partial charge in [-0.05, 0) is 18.3 Å². The summed E-state index contributed by atoms with van der Waals surface area (Å²) >= 11 is 0. The number of hydrogen-bond acceptors (Lipinski definition) is 5. The quantitative estimate of drug-likeness (QED) is 0.467. The number of unbranched alkanes of at least 4 members (excludes halogenated alkanes) is 2. The van der Waals surface area contributed by atoms with E-state index in [1.807, 2.05) is 0 Å². The minimum Gasteiger partial charge on any atom is -0.380 e. The Labute approximate surface area is 147 Å². The van der Waals surface area contributed by atoms with E-state index in [4.69, 9.17) is 25.3 Å². The zero-order valence-electron chi connectivity index (χ0n) is 15.6. The van der Waals surface area contributed by atoms with Crippen molar-refractivity contribution in [3.63, 3.8) is 0 Å².